The Morgan fingerprint density at radius 2 is 2.14 bits per heavy atom. The number of hydrogen-bond donors (Lipinski definition) is 1. The Kier molecular flexibility index (Phi) is 4.64. The second-order valence-electron chi connectivity index (χ2n) is 6.38. The SMILES string of the molecule is C[C@H]1CN(c2ccccc2CN2CC[C@@H](C(N)=O)C2)CCO1. The molecule has 0 radical (unpaired) electrons. The molecule has 2 atom stereocenters. The molecule has 2 aliphatic rings. The van der Waals surface area contributed by atoms with Crippen LogP contribution < -0.4 is 10.6 Å². The molecule has 1 aromatic rings. The van der Waals surface area contributed by atoms with Crippen molar-refractivity contribution in [3.63, 3.8) is 0 Å². The van der Waals surface area contributed by atoms with E-state index in [0.717, 1.165) is 45.8 Å². The van der Waals surface area contributed by atoms with Crippen LogP contribution >= 0.6 is 0 Å². The Morgan fingerprint density at radius 3 is 2.86 bits per heavy atom. The second kappa shape index (κ2) is 6.67. The molecule has 5 nitrogen and oxygen atoms in total. The van der Waals surface area contributed by atoms with E-state index in [1.807, 2.05) is 0 Å². The van der Waals surface area contributed by atoms with E-state index in [-0.39, 0.29) is 17.9 Å². The van der Waals surface area contributed by atoms with E-state index in [1.54, 1.807) is 0 Å². The van der Waals surface area contributed by atoms with Gasteiger partial charge in [-0.1, -0.05) is 18.2 Å². The maximum atomic E-state index is 11.3. The Balaban J connectivity index is 1.70. The number of ether oxygens (including phenoxy) is 1. The van der Waals surface area contributed by atoms with Crippen LogP contribution in [0.15, 0.2) is 24.3 Å². The minimum atomic E-state index is -0.169. The largest absolute Gasteiger partial charge is 0.375 e. The van der Waals surface area contributed by atoms with Gasteiger partial charge in [0.2, 0.25) is 5.91 Å². The first-order chi connectivity index (χ1) is 10.6. The Morgan fingerprint density at radius 1 is 1.32 bits per heavy atom. The maximum Gasteiger partial charge on any atom is 0.221 e. The lowest BCUT2D eigenvalue weighted by molar-refractivity contribution is -0.121. The van der Waals surface area contributed by atoms with Gasteiger partial charge in [-0.05, 0) is 31.5 Å². The fraction of sp³-hybridized carbons (Fsp3) is 0.588. The average molecular weight is 303 g/mol. The average Bonchev–Trinajstić information content (AvgIpc) is 2.97. The van der Waals surface area contributed by atoms with Gasteiger partial charge in [0.15, 0.2) is 0 Å². The molecule has 0 unspecified atom stereocenters. The highest BCUT2D eigenvalue weighted by atomic mass is 16.5. The number of primary amides is 1. The van der Waals surface area contributed by atoms with Crippen molar-refractivity contribution in [1.82, 2.24) is 4.90 Å². The standard InChI is InChI=1S/C17H25N3O2/c1-13-10-20(8-9-22-13)16-5-3-2-4-14(16)11-19-7-6-15(12-19)17(18)21/h2-5,13,15H,6-12H2,1H3,(H2,18,21)/t13-,15+/m0/s1. The van der Waals surface area contributed by atoms with Crippen molar-refractivity contribution in [3.8, 4) is 0 Å². The first kappa shape index (κ1) is 15.3. The fourth-order valence-electron chi connectivity index (χ4n) is 3.44. The van der Waals surface area contributed by atoms with E-state index in [2.05, 4.69) is 41.0 Å². The Labute approximate surface area is 132 Å². The molecule has 3 rings (SSSR count). The highest BCUT2D eigenvalue weighted by molar-refractivity contribution is 5.77. The first-order valence-corrected chi connectivity index (χ1v) is 8.09. The molecule has 120 valence electrons. The molecule has 0 aliphatic carbocycles. The molecular weight excluding hydrogens is 278 g/mol. The highest BCUT2D eigenvalue weighted by Crippen LogP contribution is 2.26. The van der Waals surface area contributed by atoms with Crippen LogP contribution in [0.3, 0.4) is 0 Å². The smallest absolute Gasteiger partial charge is 0.221 e. The summed E-state index contributed by atoms with van der Waals surface area (Å²) in [6, 6.07) is 8.56. The normalized spacial score (nSPS) is 26.3. The zero-order valence-electron chi connectivity index (χ0n) is 13.2. The Hall–Kier alpha value is -1.59. The van der Waals surface area contributed by atoms with Gasteiger partial charge in [0.1, 0.15) is 0 Å². The van der Waals surface area contributed by atoms with Gasteiger partial charge in [-0.2, -0.15) is 0 Å². The number of amides is 1. The third-order valence-electron chi connectivity index (χ3n) is 4.64. The molecule has 0 bridgehead atoms. The van der Waals surface area contributed by atoms with Crippen molar-refractivity contribution in [1.29, 1.82) is 0 Å². The van der Waals surface area contributed by atoms with Crippen molar-refractivity contribution in [2.24, 2.45) is 11.7 Å². The molecule has 22 heavy (non-hydrogen) atoms. The van der Waals surface area contributed by atoms with Crippen molar-refractivity contribution in [2.45, 2.75) is 26.0 Å². The van der Waals surface area contributed by atoms with E-state index in [4.69, 9.17) is 10.5 Å². The van der Waals surface area contributed by atoms with Gasteiger partial charge in [0.05, 0.1) is 18.6 Å². The summed E-state index contributed by atoms with van der Waals surface area (Å²) < 4.78 is 5.64. The van der Waals surface area contributed by atoms with E-state index in [1.165, 1.54) is 11.3 Å². The summed E-state index contributed by atoms with van der Waals surface area (Å²) in [5, 5.41) is 0. The third-order valence-corrected chi connectivity index (χ3v) is 4.64. The zero-order valence-corrected chi connectivity index (χ0v) is 13.2. The predicted molar refractivity (Wildman–Crippen MR) is 86.6 cm³/mol. The number of rotatable bonds is 4. The lowest BCUT2D eigenvalue weighted by Crippen LogP contribution is -2.41. The summed E-state index contributed by atoms with van der Waals surface area (Å²) in [4.78, 5) is 16.1. The van der Waals surface area contributed by atoms with Crippen LogP contribution in [0.5, 0.6) is 0 Å². The van der Waals surface area contributed by atoms with Crippen LogP contribution in [0.4, 0.5) is 5.69 Å². The van der Waals surface area contributed by atoms with Gasteiger partial charge in [0.25, 0.3) is 0 Å². The summed E-state index contributed by atoms with van der Waals surface area (Å²) in [5.41, 5.74) is 8.04. The predicted octanol–water partition coefficient (Wildman–Crippen LogP) is 1.22. The third kappa shape index (κ3) is 3.42. The van der Waals surface area contributed by atoms with E-state index < -0.39 is 0 Å². The second-order valence-corrected chi connectivity index (χ2v) is 6.38. The topological polar surface area (TPSA) is 58.8 Å². The molecule has 1 amide bonds. The van der Waals surface area contributed by atoms with Gasteiger partial charge >= 0.3 is 0 Å². The zero-order chi connectivity index (χ0) is 15.5. The summed E-state index contributed by atoms with van der Waals surface area (Å²) in [6.45, 7) is 7.37. The number of morpholine rings is 1. The summed E-state index contributed by atoms with van der Waals surface area (Å²) >= 11 is 0. The van der Waals surface area contributed by atoms with Crippen LogP contribution in [0.1, 0.15) is 18.9 Å². The number of anilines is 1. The van der Waals surface area contributed by atoms with Crippen LogP contribution in [0, 0.1) is 5.92 Å². The summed E-state index contributed by atoms with van der Waals surface area (Å²) in [6.07, 6.45) is 1.15. The summed E-state index contributed by atoms with van der Waals surface area (Å²) in [7, 11) is 0. The fourth-order valence-corrected chi connectivity index (χ4v) is 3.44. The van der Waals surface area contributed by atoms with Gasteiger partial charge in [-0.25, -0.2) is 0 Å². The molecular formula is C17H25N3O2. The number of carbonyl (C=O) groups is 1. The minimum Gasteiger partial charge on any atom is -0.375 e. The van der Waals surface area contributed by atoms with Crippen molar-refractivity contribution >= 4 is 11.6 Å². The quantitative estimate of drug-likeness (QED) is 0.908. The van der Waals surface area contributed by atoms with Gasteiger partial charge in [-0.15, -0.1) is 0 Å². The maximum absolute atomic E-state index is 11.3. The van der Waals surface area contributed by atoms with Crippen LogP contribution in [0.2, 0.25) is 0 Å². The number of likely N-dealkylation sites (tertiary alicyclic amines) is 1. The molecule has 1 aromatic carbocycles. The Bertz CT molecular complexity index is 534. The van der Waals surface area contributed by atoms with Crippen LogP contribution in [0.25, 0.3) is 0 Å². The van der Waals surface area contributed by atoms with Gasteiger partial charge in [0, 0.05) is 31.9 Å². The molecule has 0 aromatic heterocycles. The van der Waals surface area contributed by atoms with E-state index in [9.17, 15) is 4.79 Å². The van der Waals surface area contributed by atoms with Crippen molar-refractivity contribution in [2.75, 3.05) is 37.7 Å². The first-order valence-electron chi connectivity index (χ1n) is 8.09. The number of nitrogens with two attached hydrogens (primary N) is 1. The van der Waals surface area contributed by atoms with Gasteiger partial charge in [-0.3, -0.25) is 9.69 Å². The molecule has 0 saturated carbocycles. The number of carbonyl (C=O) groups excluding carboxylic acids is 1. The number of benzene rings is 1. The number of nitrogens with zero attached hydrogens (tertiary/aromatic N) is 2. The molecule has 2 N–H and O–H groups in total. The molecule has 2 aliphatic heterocycles. The summed E-state index contributed by atoms with van der Waals surface area (Å²) in [5.74, 6) is -0.159. The molecule has 5 heteroatoms. The van der Waals surface area contributed by atoms with E-state index in [0.29, 0.717) is 0 Å². The lowest BCUT2D eigenvalue weighted by atomic mass is 10.1. The lowest BCUT2D eigenvalue weighted by Gasteiger charge is -2.34. The van der Waals surface area contributed by atoms with Crippen LogP contribution in [-0.2, 0) is 16.1 Å². The van der Waals surface area contributed by atoms with Crippen LogP contribution in [-0.4, -0.2) is 49.7 Å². The molecule has 2 saturated heterocycles. The molecule has 2 heterocycles. The highest BCUT2D eigenvalue weighted by Gasteiger charge is 2.27. The number of hydrogen-bond acceptors (Lipinski definition) is 4. The van der Waals surface area contributed by atoms with Gasteiger partial charge < -0.3 is 15.4 Å². The number of para-hydroxylation sites is 1. The van der Waals surface area contributed by atoms with E-state index >= 15 is 0 Å². The monoisotopic (exact) mass is 303 g/mol. The van der Waals surface area contributed by atoms with Crippen molar-refractivity contribution < 1.29 is 9.53 Å². The molecule has 0 spiro atoms. The minimum absolute atomic E-state index is 0.00979. The molecule has 2 fully saturated rings. The van der Waals surface area contributed by atoms with Crippen molar-refractivity contribution in [3.05, 3.63) is 29.8 Å².